The van der Waals surface area contributed by atoms with Crippen molar-refractivity contribution in [1.29, 1.82) is 0 Å². The Morgan fingerprint density at radius 1 is 1.17 bits per heavy atom. The number of ether oxygens (including phenoxy) is 3. The number of benzene rings is 2. The van der Waals surface area contributed by atoms with Crippen molar-refractivity contribution in [2.75, 3.05) is 35.7 Å². The van der Waals surface area contributed by atoms with Crippen LogP contribution in [0, 0.1) is 0 Å². The van der Waals surface area contributed by atoms with Crippen molar-refractivity contribution in [1.82, 2.24) is 0 Å². The first-order valence-electron chi connectivity index (χ1n) is 9.22. The summed E-state index contributed by atoms with van der Waals surface area (Å²) in [5.41, 5.74) is 0.839. The van der Waals surface area contributed by atoms with E-state index in [-0.39, 0.29) is 0 Å². The lowest BCUT2D eigenvalue weighted by atomic mass is 10.2. The lowest BCUT2D eigenvalue weighted by Gasteiger charge is -2.29. The molecule has 1 unspecified atom stereocenters. The number of nitrogens with one attached hydrogen (secondary N) is 1. The lowest BCUT2D eigenvalue weighted by Crippen LogP contribution is -2.45. The van der Waals surface area contributed by atoms with Gasteiger partial charge in [-0.15, -0.1) is 0 Å². The summed E-state index contributed by atoms with van der Waals surface area (Å²) in [5.74, 6) is 1.13. The van der Waals surface area contributed by atoms with Crippen molar-refractivity contribution in [2.45, 2.75) is 19.9 Å². The fourth-order valence-corrected chi connectivity index (χ4v) is 4.22. The van der Waals surface area contributed by atoms with Crippen molar-refractivity contribution >= 4 is 27.3 Å². The first-order chi connectivity index (χ1) is 13.8. The summed E-state index contributed by atoms with van der Waals surface area (Å²) < 4.78 is 42.5. The van der Waals surface area contributed by atoms with Crippen LogP contribution in [0.5, 0.6) is 17.2 Å². The number of carbonyl (C=O) groups is 1. The summed E-state index contributed by atoms with van der Waals surface area (Å²) in [6, 6.07) is 10.7. The van der Waals surface area contributed by atoms with Gasteiger partial charge in [-0.1, -0.05) is 6.07 Å². The maximum atomic E-state index is 12.8. The van der Waals surface area contributed by atoms with Gasteiger partial charge in [0.05, 0.1) is 18.6 Å². The van der Waals surface area contributed by atoms with E-state index in [9.17, 15) is 13.2 Å². The highest BCUT2D eigenvalue weighted by atomic mass is 32.2. The average molecular weight is 420 g/mol. The van der Waals surface area contributed by atoms with Crippen LogP contribution in [-0.4, -0.2) is 46.4 Å². The van der Waals surface area contributed by atoms with Gasteiger partial charge in [0.15, 0.2) is 11.5 Å². The molecule has 29 heavy (non-hydrogen) atoms. The summed E-state index contributed by atoms with van der Waals surface area (Å²) in [7, 11) is -3.75. The van der Waals surface area contributed by atoms with Crippen molar-refractivity contribution in [2.24, 2.45) is 0 Å². The van der Waals surface area contributed by atoms with E-state index in [4.69, 9.17) is 14.2 Å². The molecule has 0 aromatic heterocycles. The van der Waals surface area contributed by atoms with E-state index in [1.807, 2.05) is 6.92 Å². The normalized spacial score (nSPS) is 14.0. The highest BCUT2D eigenvalue weighted by Crippen LogP contribution is 2.35. The summed E-state index contributed by atoms with van der Waals surface area (Å²) in [5, 5.41) is 2.74. The van der Waals surface area contributed by atoms with Crippen LogP contribution in [0.3, 0.4) is 0 Å². The summed E-state index contributed by atoms with van der Waals surface area (Å²) in [6.45, 7) is 4.70. The predicted molar refractivity (Wildman–Crippen MR) is 110 cm³/mol. The molecule has 2 aromatic carbocycles. The van der Waals surface area contributed by atoms with Gasteiger partial charge in [0, 0.05) is 17.8 Å². The van der Waals surface area contributed by atoms with Crippen molar-refractivity contribution in [3.05, 3.63) is 42.5 Å². The van der Waals surface area contributed by atoms with Crippen LogP contribution in [0.4, 0.5) is 11.4 Å². The molecule has 1 N–H and O–H groups in total. The van der Waals surface area contributed by atoms with Gasteiger partial charge in [-0.3, -0.25) is 9.10 Å². The SMILES string of the molecule is CCOc1cccc(NC(=O)C(C)N(c2ccc3c(c2)OCCO3)S(C)(=O)=O)c1. The van der Waals surface area contributed by atoms with Crippen LogP contribution < -0.4 is 23.8 Å². The van der Waals surface area contributed by atoms with Gasteiger partial charge in [-0.05, 0) is 38.1 Å². The molecule has 0 fully saturated rings. The molecule has 1 atom stereocenters. The molecule has 0 aliphatic carbocycles. The summed E-state index contributed by atoms with van der Waals surface area (Å²) in [4.78, 5) is 12.8. The smallest absolute Gasteiger partial charge is 0.247 e. The maximum Gasteiger partial charge on any atom is 0.247 e. The molecular weight excluding hydrogens is 396 g/mol. The van der Waals surface area contributed by atoms with Crippen LogP contribution in [-0.2, 0) is 14.8 Å². The molecule has 0 bridgehead atoms. The van der Waals surface area contributed by atoms with Gasteiger partial charge in [0.2, 0.25) is 15.9 Å². The Hall–Kier alpha value is -2.94. The number of nitrogens with zero attached hydrogens (tertiary/aromatic N) is 1. The van der Waals surface area contributed by atoms with Crippen LogP contribution in [0.2, 0.25) is 0 Å². The second kappa shape index (κ2) is 8.60. The molecule has 1 heterocycles. The Morgan fingerprint density at radius 3 is 2.59 bits per heavy atom. The number of amides is 1. The fourth-order valence-electron chi connectivity index (χ4n) is 3.05. The molecule has 8 nitrogen and oxygen atoms in total. The van der Waals surface area contributed by atoms with Gasteiger partial charge in [-0.25, -0.2) is 8.42 Å². The van der Waals surface area contributed by atoms with Crippen LogP contribution >= 0.6 is 0 Å². The molecule has 0 saturated carbocycles. The van der Waals surface area contributed by atoms with E-state index in [0.717, 1.165) is 10.6 Å². The number of hydrogen-bond acceptors (Lipinski definition) is 6. The quantitative estimate of drug-likeness (QED) is 0.740. The van der Waals surface area contributed by atoms with E-state index in [0.29, 0.717) is 48.4 Å². The van der Waals surface area contributed by atoms with Crippen LogP contribution in [0.25, 0.3) is 0 Å². The monoisotopic (exact) mass is 420 g/mol. The number of sulfonamides is 1. The Labute approximate surface area is 170 Å². The summed E-state index contributed by atoms with van der Waals surface area (Å²) >= 11 is 0. The second-order valence-corrected chi connectivity index (χ2v) is 8.37. The molecule has 0 radical (unpaired) electrons. The van der Waals surface area contributed by atoms with Crippen molar-refractivity contribution in [3.8, 4) is 17.2 Å². The van der Waals surface area contributed by atoms with Crippen molar-refractivity contribution < 1.29 is 27.4 Å². The lowest BCUT2D eigenvalue weighted by molar-refractivity contribution is -0.116. The number of hydrogen-bond donors (Lipinski definition) is 1. The Bertz CT molecular complexity index is 992. The first kappa shape index (κ1) is 20.8. The molecule has 3 rings (SSSR count). The third-order valence-corrected chi connectivity index (χ3v) is 5.52. The highest BCUT2D eigenvalue weighted by molar-refractivity contribution is 7.92. The molecule has 9 heteroatoms. The maximum absolute atomic E-state index is 12.8. The Balaban J connectivity index is 1.85. The zero-order chi connectivity index (χ0) is 21.0. The van der Waals surface area contributed by atoms with Gasteiger partial charge in [0.1, 0.15) is 25.0 Å². The third-order valence-electron chi connectivity index (χ3n) is 4.28. The molecule has 1 amide bonds. The zero-order valence-electron chi connectivity index (χ0n) is 16.5. The molecule has 1 aliphatic rings. The standard InChI is InChI=1S/C20H24N2O6S/c1-4-26-17-7-5-6-15(12-17)21-20(23)14(2)22(29(3,24)25)16-8-9-18-19(13-16)28-11-10-27-18/h5-9,12-14H,4,10-11H2,1-3H3,(H,21,23). The molecule has 0 saturated heterocycles. The van der Waals surface area contributed by atoms with E-state index >= 15 is 0 Å². The van der Waals surface area contributed by atoms with E-state index in [1.165, 1.54) is 6.92 Å². The molecule has 156 valence electrons. The minimum Gasteiger partial charge on any atom is -0.494 e. The Kier molecular flexibility index (Phi) is 6.17. The topological polar surface area (TPSA) is 94.2 Å². The number of fused-ring (bicyclic) bond motifs is 1. The molecule has 1 aliphatic heterocycles. The number of anilines is 2. The highest BCUT2D eigenvalue weighted by Gasteiger charge is 2.30. The minimum atomic E-state index is -3.75. The van der Waals surface area contributed by atoms with E-state index < -0.39 is 22.0 Å². The van der Waals surface area contributed by atoms with Gasteiger partial charge < -0.3 is 19.5 Å². The fraction of sp³-hybridized carbons (Fsp3) is 0.350. The largest absolute Gasteiger partial charge is 0.494 e. The zero-order valence-corrected chi connectivity index (χ0v) is 17.4. The third kappa shape index (κ3) is 4.92. The minimum absolute atomic E-state index is 0.322. The van der Waals surface area contributed by atoms with Gasteiger partial charge in [0.25, 0.3) is 0 Å². The summed E-state index contributed by atoms with van der Waals surface area (Å²) in [6.07, 6.45) is 1.06. The molecule has 2 aromatic rings. The van der Waals surface area contributed by atoms with Gasteiger partial charge in [-0.2, -0.15) is 0 Å². The number of rotatable bonds is 7. The Morgan fingerprint density at radius 2 is 1.90 bits per heavy atom. The number of carbonyl (C=O) groups excluding carboxylic acids is 1. The second-order valence-electron chi connectivity index (χ2n) is 6.51. The average Bonchev–Trinajstić information content (AvgIpc) is 2.67. The predicted octanol–water partition coefficient (Wildman–Crippen LogP) is 2.65. The van der Waals surface area contributed by atoms with Crippen molar-refractivity contribution in [3.63, 3.8) is 0 Å². The first-order valence-corrected chi connectivity index (χ1v) is 11.1. The van der Waals surface area contributed by atoms with Gasteiger partial charge >= 0.3 is 0 Å². The molecular formula is C20H24N2O6S. The van der Waals surface area contributed by atoms with Crippen LogP contribution in [0.1, 0.15) is 13.8 Å². The molecule has 0 spiro atoms. The van der Waals surface area contributed by atoms with E-state index in [2.05, 4.69) is 5.32 Å². The van der Waals surface area contributed by atoms with E-state index in [1.54, 1.807) is 42.5 Å². The van der Waals surface area contributed by atoms with Crippen LogP contribution in [0.15, 0.2) is 42.5 Å².